The molecule has 2 saturated carbocycles. The smallest absolute Gasteiger partial charge is 0.315 e. The molecule has 3 aliphatic rings. The summed E-state index contributed by atoms with van der Waals surface area (Å²) in [6.45, 7) is 2.77. The van der Waals surface area contributed by atoms with Gasteiger partial charge in [-0.2, -0.15) is 10.1 Å². The van der Waals surface area contributed by atoms with Crippen LogP contribution < -0.4 is 21.3 Å². The average molecular weight is 483 g/mol. The number of carbonyl (C=O) groups is 1. The summed E-state index contributed by atoms with van der Waals surface area (Å²) in [7, 11) is 0. The van der Waals surface area contributed by atoms with E-state index in [0.29, 0.717) is 24.5 Å². The second kappa shape index (κ2) is 11.2. The van der Waals surface area contributed by atoms with Crippen molar-refractivity contribution < 1.29 is 9.53 Å². The van der Waals surface area contributed by atoms with E-state index in [-0.39, 0.29) is 24.2 Å². The third kappa shape index (κ3) is 6.62. The van der Waals surface area contributed by atoms with Crippen LogP contribution in [0.5, 0.6) is 0 Å². The Bertz CT molecular complexity index is 968. The first-order chi connectivity index (χ1) is 17.1. The van der Waals surface area contributed by atoms with E-state index in [1.807, 2.05) is 6.07 Å². The van der Waals surface area contributed by atoms with Gasteiger partial charge in [0.2, 0.25) is 5.95 Å². The lowest BCUT2D eigenvalue weighted by Gasteiger charge is -2.31. The lowest BCUT2D eigenvalue weighted by atomic mass is 9.91. The molecule has 10 heteroatoms. The molecule has 190 valence electrons. The van der Waals surface area contributed by atoms with E-state index in [2.05, 4.69) is 54.4 Å². The number of nitrogens with zero attached hydrogens (tertiary/aromatic N) is 3. The van der Waals surface area contributed by atoms with E-state index < -0.39 is 0 Å². The highest BCUT2D eigenvalue weighted by molar-refractivity contribution is 5.74. The van der Waals surface area contributed by atoms with Crippen molar-refractivity contribution in [1.29, 1.82) is 0 Å². The van der Waals surface area contributed by atoms with E-state index in [0.717, 1.165) is 50.2 Å². The molecule has 3 heterocycles. The standard InChI is InChI=1S/C25H38N8O2/c1-16-14-20(11-13-35-16)29-25(34)28-19-8-6-18(7-9-19)27-24-26-12-10-22(31-24)30-23-15-21(32-33-23)17-4-2-3-5-17/h10,12,15-20H,2-9,11,13-14H2,1H3,(H2,28,29,34)(H3,26,27,30,31,32,33)/t16-,18?,19?,20-/m1/s1. The Morgan fingerprint density at radius 3 is 2.57 bits per heavy atom. The Labute approximate surface area is 206 Å². The van der Waals surface area contributed by atoms with E-state index in [4.69, 9.17) is 4.74 Å². The molecular formula is C25H38N8O2. The van der Waals surface area contributed by atoms with Gasteiger partial charge in [-0.05, 0) is 64.4 Å². The van der Waals surface area contributed by atoms with Crippen molar-refractivity contribution in [2.24, 2.45) is 0 Å². The van der Waals surface area contributed by atoms with E-state index in [1.54, 1.807) is 6.20 Å². The second-order valence-electron chi connectivity index (χ2n) is 10.3. The largest absolute Gasteiger partial charge is 0.378 e. The summed E-state index contributed by atoms with van der Waals surface area (Å²) in [5.74, 6) is 2.73. The Kier molecular flexibility index (Phi) is 7.66. The van der Waals surface area contributed by atoms with Crippen molar-refractivity contribution in [2.75, 3.05) is 17.2 Å². The minimum Gasteiger partial charge on any atom is -0.378 e. The Hall–Kier alpha value is -2.88. The number of amides is 2. The SMILES string of the molecule is C[C@@H]1C[C@H](NC(=O)NC2CCC(Nc3nccc(Nc4cc(C5CCCC5)[nH]n4)n3)CC2)CCO1. The third-order valence-electron chi connectivity index (χ3n) is 7.52. The molecule has 0 aromatic carbocycles. The zero-order valence-corrected chi connectivity index (χ0v) is 20.6. The van der Waals surface area contributed by atoms with Crippen LogP contribution in [0.2, 0.25) is 0 Å². The van der Waals surface area contributed by atoms with Crippen LogP contribution in [-0.2, 0) is 4.74 Å². The molecule has 0 spiro atoms. The van der Waals surface area contributed by atoms with E-state index in [1.165, 1.54) is 31.4 Å². The van der Waals surface area contributed by atoms with Crippen LogP contribution in [0.3, 0.4) is 0 Å². The van der Waals surface area contributed by atoms with Crippen molar-refractivity contribution >= 4 is 23.6 Å². The second-order valence-corrected chi connectivity index (χ2v) is 10.3. The first-order valence-corrected chi connectivity index (χ1v) is 13.2. The predicted octanol–water partition coefficient (Wildman–Crippen LogP) is 4.19. The molecule has 1 aliphatic heterocycles. The lowest BCUT2D eigenvalue weighted by Crippen LogP contribution is -2.50. The van der Waals surface area contributed by atoms with Gasteiger partial charge in [0.25, 0.3) is 0 Å². The molecule has 2 amide bonds. The maximum atomic E-state index is 12.4. The molecule has 2 aromatic rings. The number of rotatable bonds is 7. The number of anilines is 3. The molecule has 5 rings (SSSR count). The van der Waals surface area contributed by atoms with Crippen LogP contribution in [0.1, 0.15) is 82.7 Å². The number of aromatic amines is 1. The predicted molar refractivity (Wildman–Crippen MR) is 135 cm³/mol. The number of nitrogens with one attached hydrogen (secondary N) is 5. The summed E-state index contributed by atoms with van der Waals surface area (Å²) in [5.41, 5.74) is 1.21. The maximum absolute atomic E-state index is 12.4. The zero-order valence-electron chi connectivity index (χ0n) is 20.6. The molecule has 10 nitrogen and oxygen atoms in total. The van der Waals surface area contributed by atoms with Crippen LogP contribution in [0, 0.1) is 0 Å². The summed E-state index contributed by atoms with van der Waals surface area (Å²) >= 11 is 0. The Morgan fingerprint density at radius 1 is 1.00 bits per heavy atom. The van der Waals surface area contributed by atoms with Gasteiger partial charge >= 0.3 is 6.03 Å². The van der Waals surface area contributed by atoms with E-state index >= 15 is 0 Å². The number of aromatic nitrogens is 4. The van der Waals surface area contributed by atoms with Gasteiger partial charge in [-0.25, -0.2) is 9.78 Å². The molecule has 35 heavy (non-hydrogen) atoms. The number of carbonyl (C=O) groups excluding carboxylic acids is 1. The number of urea groups is 1. The van der Waals surface area contributed by atoms with Gasteiger partial charge in [0.05, 0.1) is 6.10 Å². The molecule has 2 atom stereocenters. The fourth-order valence-electron chi connectivity index (χ4n) is 5.58. The minimum absolute atomic E-state index is 0.0583. The fourth-order valence-corrected chi connectivity index (χ4v) is 5.58. The van der Waals surface area contributed by atoms with Crippen molar-refractivity contribution in [2.45, 2.75) is 101 Å². The number of H-pyrrole nitrogens is 1. The van der Waals surface area contributed by atoms with Crippen molar-refractivity contribution in [1.82, 2.24) is 30.8 Å². The minimum atomic E-state index is -0.0583. The molecule has 2 aliphatic carbocycles. The highest BCUT2D eigenvalue weighted by Crippen LogP contribution is 2.34. The normalized spacial score (nSPS) is 27.3. The molecule has 1 saturated heterocycles. The van der Waals surface area contributed by atoms with Crippen LogP contribution in [0.15, 0.2) is 18.3 Å². The van der Waals surface area contributed by atoms with Gasteiger partial charge in [0.1, 0.15) is 5.82 Å². The maximum Gasteiger partial charge on any atom is 0.315 e. The Morgan fingerprint density at radius 2 is 1.77 bits per heavy atom. The van der Waals surface area contributed by atoms with Gasteiger partial charge in [-0.3, -0.25) is 5.10 Å². The van der Waals surface area contributed by atoms with Crippen molar-refractivity contribution in [3.63, 3.8) is 0 Å². The average Bonchev–Trinajstić information content (AvgIpc) is 3.53. The molecule has 2 aromatic heterocycles. The summed E-state index contributed by atoms with van der Waals surface area (Å²) in [6, 6.07) is 4.59. The molecular weight excluding hydrogens is 444 g/mol. The first-order valence-electron chi connectivity index (χ1n) is 13.2. The van der Waals surface area contributed by atoms with Gasteiger partial charge in [-0.1, -0.05) is 12.8 Å². The van der Waals surface area contributed by atoms with Gasteiger partial charge in [0.15, 0.2) is 5.82 Å². The Balaban J connectivity index is 1.06. The monoisotopic (exact) mass is 482 g/mol. The highest BCUT2D eigenvalue weighted by atomic mass is 16.5. The fraction of sp³-hybridized carbons (Fsp3) is 0.680. The number of hydrogen-bond donors (Lipinski definition) is 5. The van der Waals surface area contributed by atoms with Gasteiger partial charge in [-0.15, -0.1) is 0 Å². The molecule has 0 unspecified atom stereocenters. The molecule has 3 fully saturated rings. The molecule has 5 N–H and O–H groups in total. The lowest BCUT2D eigenvalue weighted by molar-refractivity contribution is 0.0153. The van der Waals surface area contributed by atoms with Crippen LogP contribution in [0.4, 0.5) is 22.4 Å². The van der Waals surface area contributed by atoms with Gasteiger partial charge < -0.3 is 26.0 Å². The van der Waals surface area contributed by atoms with Crippen LogP contribution >= 0.6 is 0 Å². The third-order valence-corrected chi connectivity index (χ3v) is 7.52. The summed E-state index contributed by atoms with van der Waals surface area (Å²) in [4.78, 5) is 21.4. The highest BCUT2D eigenvalue weighted by Gasteiger charge is 2.25. The zero-order chi connectivity index (χ0) is 24.0. The molecule has 0 radical (unpaired) electrons. The van der Waals surface area contributed by atoms with Crippen molar-refractivity contribution in [3.05, 3.63) is 24.0 Å². The number of hydrogen-bond acceptors (Lipinski definition) is 7. The first kappa shape index (κ1) is 23.8. The van der Waals surface area contributed by atoms with E-state index in [9.17, 15) is 4.79 Å². The van der Waals surface area contributed by atoms with Crippen molar-refractivity contribution in [3.8, 4) is 0 Å². The summed E-state index contributed by atoms with van der Waals surface area (Å²) in [6.07, 6.45) is 12.6. The summed E-state index contributed by atoms with van der Waals surface area (Å²) < 4.78 is 5.56. The topological polar surface area (TPSA) is 129 Å². The quantitative estimate of drug-likeness (QED) is 0.400. The summed E-state index contributed by atoms with van der Waals surface area (Å²) in [5, 5.41) is 20.6. The van der Waals surface area contributed by atoms with Gasteiger partial charge in [0, 0.05) is 48.6 Å². The van der Waals surface area contributed by atoms with Crippen LogP contribution in [0.25, 0.3) is 0 Å². The number of ether oxygens (including phenoxy) is 1. The van der Waals surface area contributed by atoms with Crippen LogP contribution in [-0.4, -0.2) is 57.0 Å². The molecule has 0 bridgehead atoms.